The Morgan fingerprint density at radius 3 is 2.33 bits per heavy atom. The van der Waals surface area contributed by atoms with Crippen LogP contribution in [0.25, 0.3) is 0 Å². The van der Waals surface area contributed by atoms with E-state index in [2.05, 4.69) is 0 Å². The molecule has 0 saturated heterocycles. The zero-order chi connectivity index (χ0) is 11.6. The van der Waals surface area contributed by atoms with E-state index >= 15 is 0 Å². The molecule has 1 rings (SSSR count). The summed E-state index contributed by atoms with van der Waals surface area (Å²) >= 11 is 0. The molecule has 0 unspecified atom stereocenters. The first-order valence-electron chi connectivity index (χ1n) is 4.09. The minimum absolute atomic E-state index is 0.0440. The van der Waals surface area contributed by atoms with Crippen LogP contribution in [-0.4, -0.2) is 24.7 Å². The van der Waals surface area contributed by atoms with Gasteiger partial charge in [0.05, 0.1) is 0 Å². The minimum Gasteiger partial charge on any atom is -0.480 e. The Bertz CT molecular complexity index is 373. The predicted octanol–water partition coefficient (Wildman–Crippen LogP) is 1.07. The van der Waals surface area contributed by atoms with Gasteiger partial charge in [-0.1, -0.05) is 0 Å². The number of halogens is 2. The molecule has 15 heavy (non-hydrogen) atoms. The number of carboxylic acids is 1. The van der Waals surface area contributed by atoms with E-state index in [9.17, 15) is 13.6 Å². The fourth-order valence-corrected chi connectivity index (χ4v) is 1.23. The molecule has 6 heteroatoms. The van der Waals surface area contributed by atoms with Crippen molar-refractivity contribution in [2.24, 2.45) is 0 Å². The standard InChI is InChI=1S/C9H10F2N2O2/c1-13(4-8(14)15)9-6(10)2-5(12)3-7(9)11/h2-3H,4,12H2,1H3,(H,14,15). The van der Waals surface area contributed by atoms with Crippen molar-refractivity contribution in [1.29, 1.82) is 0 Å². The van der Waals surface area contributed by atoms with Crippen molar-refractivity contribution < 1.29 is 18.7 Å². The summed E-state index contributed by atoms with van der Waals surface area (Å²) in [6.45, 7) is -0.488. The molecule has 0 amide bonds. The molecule has 82 valence electrons. The zero-order valence-corrected chi connectivity index (χ0v) is 8.00. The highest BCUT2D eigenvalue weighted by Crippen LogP contribution is 2.24. The number of carbonyl (C=O) groups is 1. The number of hydrogen-bond donors (Lipinski definition) is 2. The van der Waals surface area contributed by atoms with Gasteiger partial charge >= 0.3 is 5.97 Å². The number of nitrogens with zero attached hydrogens (tertiary/aromatic N) is 1. The monoisotopic (exact) mass is 216 g/mol. The van der Waals surface area contributed by atoms with Gasteiger partial charge in [-0.3, -0.25) is 4.79 Å². The zero-order valence-electron chi connectivity index (χ0n) is 8.00. The molecule has 3 N–H and O–H groups in total. The number of anilines is 2. The largest absolute Gasteiger partial charge is 0.480 e. The minimum atomic E-state index is -1.17. The van der Waals surface area contributed by atoms with Gasteiger partial charge in [-0.15, -0.1) is 0 Å². The lowest BCUT2D eigenvalue weighted by Gasteiger charge is -2.18. The Balaban J connectivity index is 3.08. The number of carboxylic acid groups (broad SMARTS) is 1. The highest BCUT2D eigenvalue weighted by molar-refractivity contribution is 5.74. The number of nitrogen functional groups attached to an aromatic ring is 1. The Hall–Kier alpha value is -1.85. The normalized spacial score (nSPS) is 10.1. The Morgan fingerprint density at radius 2 is 1.93 bits per heavy atom. The molecule has 0 atom stereocenters. The molecule has 0 aliphatic carbocycles. The molecule has 4 nitrogen and oxygen atoms in total. The number of aliphatic carboxylic acids is 1. The molecule has 1 aromatic carbocycles. The fourth-order valence-electron chi connectivity index (χ4n) is 1.23. The van der Waals surface area contributed by atoms with Crippen LogP contribution in [0.4, 0.5) is 20.2 Å². The number of hydrogen-bond acceptors (Lipinski definition) is 3. The SMILES string of the molecule is CN(CC(=O)O)c1c(F)cc(N)cc1F. The smallest absolute Gasteiger partial charge is 0.323 e. The van der Waals surface area contributed by atoms with Crippen LogP contribution >= 0.6 is 0 Å². The average Bonchev–Trinajstić information content (AvgIpc) is 1.99. The predicted molar refractivity (Wildman–Crippen MR) is 51.7 cm³/mol. The second-order valence-electron chi connectivity index (χ2n) is 3.08. The van der Waals surface area contributed by atoms with E-state index in [1.165, 1.54) is 7.05 Å². The fraction of sp³-hybridized carbons (Fsp3) is 0.222. The van der Waals surface area contributed by atoms with Gasteiger partial charge in [0.1, 0.15) is 12.2 Å². The summed E-state index contributed by atoms with van der Waals surface area (Å²) in [5.74, 6) is -2.93. The third-order valence-electron chi connectivity index (χ3n) is 1.79. The maximum Gasteiger partial charge on any atom is 0.323 e. The van der Waals surface area contributed by atoms with Gasteiger partial charge in [-0.2, -0.15) is 0 Å². The summed E-state index contributed by atoms with van der Waals surface area (Å²) in [6, 6.07) is 1.88. The lowest BCUT2D eigenvalue weighted by Crippen LogP contribution is -2.27. The highest BCUT2D eigenvalue weighted by Gasteiger charge is 2.16. The molecule has 0 spiro atoms. The van der Waals surface area contributed by atoms with Crippen LogP contribution in [-0.2, 0) is 4.79 Å². The number of nitrogens with two attached hydrogens (primary N) is 1. The van der Waals surface area contributed by atoms with Crippen LogP contribution in [0.15, 0.2) is 12.1 Å². The highest BCUT2D eigenvalue weighted by atomic mass is 19.1. The third-order valence-corrected chi connectivity index (χ3v) is 1.79. The molecule has 0 radical (unpaired) electrons. The molecule has 0 aliphatic rings. The summed E-state index contributed by atoms with van der Waals surface area (Å²) in [4.78, 5) is 11.3. The van der Waals surface area contributed by atoms with Gasteiger partial charge in [0.15, 0.2) is 11.6 Å². The first-order valence-corrected chi connectivity index (χ1v) is 4.09. The molecular formula is C9H10F2N2O2. The van der Waals surface area contributed by atoms with Crippen molar-refractivity contribution in [3.8, 4) is 0 Å². The van der Waals surface area contributed by atoms with Crippen molar-refractivity contribution in [1.82, 2.24) is 0 Å². The summed E-state index contributed by atoms with van der Waals surface area (Å²) in [7, 11) is 1.28. The van der Waals surface area contributed by atoms with Gasteiger partial charge < -0.3 is 15.7 Å². The average molecular weight is 216 g/mol. The third kappa shape index (κ3) is 2.55. The van der Waals surface area contributed by atoms with Gasteiger partial charge in [-0.25, -0.2) is 8.78 Å². The van der Waals surface area contributed by atoms with Crippen LogP contribution in [0.1, 0.15) is 0 Å². The van der Waals surface area contributed by atoms with E-state index in [1.807, 2.05) is 0 Å². The first kappa shape index (κ1) is 11.2. The maximum atomic E-state index is 13.3. The van der Waals surface area contributed by atoms with Crippen LogP contribution in [0.3, 0.4) is 0 Å². The van der Waals surface area contributed by atoms with E-state index in [1.54, 1.807) is 0 Å². The molecule has 1 aromatic rings. The topological polar surface area (TPSA) is 66.6 Å². The molecule has 0 heterocycles. The summed E-state index contributed by atoms with van der Waals surface area (Å²) in [5, 5.41) is 8.47. The van der Waals surface area contributed by atoms with Crippen LogP contribution in [0.5, 0.6) is 0 Å². The number of rotatable bonds is 3. The van der Waals surface area contributed by atoms with Crippen molar-refractivity contribution >= 4 is 17.3 Å². The molecule has 0 bridgehead atoms. The molecule has 0 fully saturated rings. The van der Waals surface area contributed by atoms with Crippen molar-refractivity contribution in [3.63, 3.8) is 0 Å². The summed E-state index contributed by atoms with van der Waals surface area (Å²) in [6.07, 6.45) is 0. The summed E-state index contributed by atoms with van der Waals surface area (Å²) in [5.41, 5.74) is 4.77. The lowest BCUT2D eigenvalue weighted by molar-refractivity contribution is -0.135. The Labute approximate surface area is 84.9 Å². The van der Waals surface area contributed by atoms with Crippen LogP contribution < -0.4 is 10.6 Å². The van der Waals surface area contributed by atoms with E-state index in [0.717, 1.165) is 17.0 Å². The van der Waals surface area contributed by atoms with E-state index < -0.39 is 29.8 Å². The second kappa shape index (κ2) is 4.12. The molecule has 0 aromatic heterocycles. The quantitative estimate of drug-likeness (QED) is 0.741. The van der Waals surface area contributed by atoms with E-state index in [4.69, 9.17) is 10.8 Å². The van der Waals surface area contributed by atoms with Gasteiger partial charge in [0.25, 0.3) is 0 Å². The van der Waals surface area contributed by atoms with Gasteiger partial charge in [0.2, 0.25) is 0 Å². The second-order valence-corrected chi connectivity index (χ2v) is 3.08. The first-order chi connectivity index (χ1) is 6.91. The van der Waals surface area contributed by atoms with Gasteiger partial charge in [-0.05, 0) is 12.1 Å². The van der Waals surface area contributed by atoms with Gasteiger partial charge in [0, 0.05) is 12.7 Å². The molecular weight excluding hydrogens is 206 g/mol. The Morgan fingerprint density at radius 1 is 1.47 bits per heavy atom. The number of likely N-dealkylation sites (N-methyl/N-ethyl adjacent to an activating group) is 1. The van der Waals surface area contributed by atoms with Crippen molar-refractivity contribution in [2.45, 2.75) is 0 Å². The van der Waals surface area contributed by atoms with Crippen molar-refractivity contribution in [3.05, 3.63) is 23.8 Å². The Kier molecular flexibility index (Phi) is 3.08. The summed E-state index contributed by atoms with van der Waals surface area (Å²) < 4.78 is 26.5. The van der Waals surface area contributed by atoms with Crippen molar-refractivity contribution in [2.75, 3.05) is 24.2 Å². The molecule has 0 aliphatic heterocycles. The number of benzene rings is 1. The lowest BCUT2D eigenvalue weighted by atomic mass is 10.2. The van der Waals surface area contributed by atoms with E-state index in [0.29, 0.717) is 0 Å². The molecule has 0 saturated carbocycles. The maximum absolute atomic E-state index is 13.3. The van der Waals surface area contributed by atoms with E-state index in [-0.39, 0.29) is 5.69 Å². The van der Waals surface area contributed by atoms with Crippen LogP contribution in [0, 0.1) is 11.6 Å². The van der Waals surface area contributed by atoms with Crippen LogP contribution in [0.2, 0.25) is 0 Å².